The summed E-state index contributed by atoms with van der Waals surface area (Å²) in [4.78, 5) is 26.1. The molecule has 0 aliphatic carbocycles. The van der Waals surface area contributed by atoms with Crippen LogP contribution >= 0.6 is 0 Å². The van der Waals surface area contributed by atoms with Crippen LogP contribution in [0.15, 0.2) is 53.0 Å². The molecule has 0 fully saturated rings. The van der Waals surface area contributed by atoms with E-state index in [4.69, 9.17) is 13.9 Å². The van der Waals surface area contributed by atoms with Crippen molar-refractivity contribution in [3.05, 3.63) is 65.4 Å². The van der Waals surface area contributed by atoms with Gasteiger partial charge in [0.05, 0.1) is 6.61 Å². The van der Waals surface area contributed by atoms with Crippen LogP contribution in [0, 0.1) is 0 Å². The Bertz CT molecular complexity index is 1110. The second kappa shape index (κ2) is 9.98. The molecule has 1 amide bonds. The fraction of sp³-hybridized carbons (Fsp3) is 0.280. The molecule has 3 rings (SSSR count). The summed E-state index contributed by atoms with van der Waals surface area (Å²) < 4.78 is 17.1. The Kier molecular flexibility index (Phi) is 7.13. The molecule has 0 bridgehead atoms. The van der Waals surface area contributed by atoms with Gasteiger partial charge in [-0.15, -0.1) is 0 Å². The minimum Gasteiger partial charge on any atom is -0.490 e. The van der Waals surface area contributed by atoms with Crippen LogP contribution in [0.2, 0.25) is 0 Å². The number of allylic oxidation sites excluding steroid dienone is 1. The third kappa shape index (κ3) is 5.15. The molecule has 2 aromatic carbocycles. The van der Waals surface area contributed by atoms with Gasteiger partial charge in [0.15, 0.2) is 23.9 Å². The molecule has 31 heavy (non-hydrogen) atoms. The standard InChI is InChI=1S/C25H27NO5/c1-5-18-19-9-7-8-10-21(19)31-25(18)20(27)13-11-17-12-14-22(23(15-17)29-6-2)30-16-24(28)26(3)4/h7-15H,5-6,16H2,1-4H3/b13-11+. The molecule has 0 saturated carbocycles. The fourth-order valence-corrected chi connectivity index (χ4v) is 3.18. The Morgan fingerprint density at radius 2 is 1.81 bits per heavy atom. The molecule has 0 spiro atoms. The quantitative estimate of drug-likeness (QED) is 0.368. The van der Waals surface area contributed by atoms with Gasteiger partial charge in [-0.05, 0) is 43.2 Å². The van der Waals surface area contributed by atoms with E-state index in [0.717, 1.165) is 16.5 Å². The molecule has 0 N–H and O–H groups in total. The number of carbonyl (C=O) groups excluding carboxylic acids is 2. The average Bonchev–Trinajstić information content (AvgIpc) is 3.15. The Balaban J connectivity index is 1.81. The topological polar surface area (TPSA) is 69.0 Å². The van der Waals surface area contributed by atoms with Crippen molar-refractivity contribution >= 4 is 28.7 Å². The summed E-state index contributed by atoms with van der Waals surface area (Å²) >= 11 is 0. The SMILES string of the molecule is CCOc1cc(/C=C/C(=O)c2oc3ccccc3c2CC)ccc1OCC(=O)N(C)C. The Morgan fingerprint density at radius 3 is 2.52 bits per heavy atom. The number of fused-ring (bicyclic) bond motifs is 1. The number of nitrogens with zero attached hydrogens (tertiary/aromatic N) is 1. The summed E-state index contributed by atoms with van der Waals surface area (Å²) in [7, 11) is 3.35. The van der Waals surface area contributed by atoms with Crippen molar-refractivity contribution in [3.63, 3.8) is 0 Å². The van der Waals surface area contributed by atoms with E-state index >= 15 is 0 Å². The molecule has 0 aliphatic heterocycles. The summed E-state index contributed by atoms with van der Waals surface area (Å²) in [5.41, 5.74) is 2.40. The summed E-state index contributed by atoms with van der Waals surface area (Å²) in [6.07, 6.45) is 3.92. The van der Waals surface area contributed by atoms with Crippen LogP contribution in [0.5, 0.6) is 11.5 Å². The van der Waals surface area contributed by atoms with E-state index in [1.165, 1.54) is 11.0 Å². The first-order valence-electron chi connectivity index (χ1n) is 10.3. The zero-order valence-electron chi connectivity index (χ0n) is 18.3. The first kappa shape index (κ1) is 22.2. The van der Waals surface area contributed by atoms with Gasteiger partial charge in [0, 0.05) is 25.0 Å². The highest BCUT2D eigenvalue weighted by Gasteiger charge is 2.17. The second-order valence-electron chi connectivity index (χ2n) is 7.17. The number of likely N-dealkylation sites (N-methyl/N-ethyl adjacent to an activating group) is 1. The minimum absolute atomic E-state index is 0.0768. The maximum atomic E-state index is 12.8. The van der Waals surface area contributed by atoms with Gasteiger partial charge in [-0.2, -0.15) is 0 Å². The van der Waals surface area contributed by atoms with Gasteiger partial charge in [0.1, 0.15) is 5.58 Å². The van der Waals surface area contributed by atoms with Crippen LogP contribution in [0.25, 0.3) is 17.0 Å². The number of ketones is 1. The predicted octanol–water partition coefficient (Wildman–Crippen LogP) is 4.76. The fourth-order valence-electron chi connectivity index (χ4n) is 3.18. The lowest BCUT2D eigenvalue weighted by Gasteiger charge is -2.14. The normalized spacial score (nSPS) is 11.1. The molecule has 6 nitrogen and oxygen atoms in total. The maximum absolute atomic E-state index is 12.8. The zero-order valence-corrected chi connectivity index (χ0v) is 18.3. The first-order valence-corrected chi connectivity index (χ1v) is 10.3. The molecule has 0 atom stereocenters. The van der Waals surface area contributed by atoms with Crippen molar-refractivity contribution in [1.29, 1.82) is 0 Å². The Labute approximate surface area is 182 Å². The van der Waals surface area contributed by atoms with Crippen molar-refractivity contribution in [2.24, 2.45) is 0 Å². The van der Waals surface area contributed by atoms with Gasteiger partial charge in [-0.3, -0.25) is 9.59 Å². The van der Waals surface area contributed by atoms with E-state index in [2.05, 4.69) is 0 Å². The molecule has 3 aromatic rings. The van der Waals surface area contributed by atoms with E-state index in [0.29, 0.717) is 35.9 Å². The molecule has 1 aromatic heterocycles. The van der Waals surface area contributed by atoms with Crippen LogP contribution in [-0.2, 0) is 11.2 Å². The lowest BCUT2D eigenvalue weighted by molar-refractivity contribution is -0.130. The molecule has 0 unspecified atom stereocenters. The van der Waals surface area contributed by atoms with Crippen molar-refractivity contribution < 1.29 is 23.5 Å². The number of hydrogen-bond donors (Lipinski definition) is 0. The lowest BCUT2D eigenvalue weighted by atomic mass is 10.1. The summed E-state index contributed by atoms with van der Waals surface area (Å²) in [6, 6.07) is 13.0. The highest BCUT2D eigenvalue weighted by Crippen LogP contribution is 2.30. The van der Waals surface area contributed by atoms with Crippen LogP contribution in [0.3, 0.4) is 0 Å². The maximum Gasteiger partial charge on any atom is 0.259 e. The molecule has 162 valence electrons. The highest BCUT2D eigenvalue weighted by atomic mass is 16.5. The smallest absolute Gasteiger partial charge is 0.259 e. The molecule has 0 radical (unpaired) electrons. The molecule has 6 heteroatoms. The third-order valence-corrected chi connectivity index (χ3v) is 4.82. The number of furan rings is 1. The van der Waals surface area contributed by atoms with E-state index < -0.39 is 0 Å². The Morgan fingerprint density at radius 1 is 1.03 bits per heavy atom. The molecule has 1 heterocycles. The summed E-state index contributed by atoms with van der Waals surface area (Å²) in [5, 5.41) is 0.967. The van der Waals surface area contributed by atoms with Crippen molar-refractivity contribution in [3.8, 4) is 11.5 Å². The van der Waals surface area contributed by atoms with Gasteiger partial charge in [-0.1, -0.05) is 37.3 Å². The van der Waals surface area contributed by atoms with Crippen LogP contribution in [0.1, 0.15) is 35.5 Å². The average molecular weight is 421 g/mol. The van der Waals surface area contributed by atoms with Gasteiger partial charge >= 0.3 is 0 Å². The number of hydrogen-bond acceptors (Lipinski definition) is 5. The van der Waals surface area contributed by atoms with E-state index in [9.17, 15) is 9.59 Å². The summed E-state index contributed by atoms with van der Waals surface area (Å²) in [6.45, 7) is 4.25. The summed E-state index contributed by atoms with van der Waals surface area (Å²) in [5.74, 6) is 1.03. The number of benzene rings is 2. The molecule has 0 aliphatic rings. The van der Waals surface area contributed by atoms with Gasteiger partial charge in [0.25, 0.3) is 5.91 Å². The van der Waals surface area contributed by atoms with Crippen LogP contribution in [-0.4, -0.2) is 43.9 Å². The number of para-hydroxylation sites is 1. The number of ether oxygens (including phenoxy) is 2. The van der Waals surface area contributed by atoms with Crippen molar-refractivity contribution in [2.75, 3.05) is 27.3 Å². The van der Waals surface area contributed by atoms with Gasteiger partial charge in [-0.25, -0.2) is 0 Å². The van der Waals surface area contributed by atoms with Gasteiger partial charge in [0.2, 0.25) is 5.78 Å². The van der Waals surface area contributed by atoms with Crippen LogP contribution in [0.4, 0.5) is 0 Å². The molecular weight excluding hydrogens is 394 g/mol. The second-order valence-corrected chi connectivity index (χ2v) is 7.17. The van der Waals surface area contributed by atoms with E-state index in [1.807, 2.05) is 38.1 Å². The predicted molar refractivity (Wildman–Crippen MR) is 121 cm³/mol. The van der Waals surface area contributed by atoms with E-state index in [1.54, 1.807) is 38.4 Å². The van der Waals surface area contributed by atoms with Crippen LogP contribution < -0.4 is 9.47 Å². The monoisotopic (exact) mass is 421 g/mol. The third-order valence-electron chi connectivity index (χ3n) is 4.82. The molecule has 0 saturated heterocycles. The largest absolute Gasteiger partial charge is 0.490 e. The highest BCUT2D eigenvalue weighted by molar-refractivity contribution is 6.08. The number of aryl methyl sites for hydroxylation is 1. The van der Waals surface area contributed by atoms with Gasteiger partial charge < -0.3 is 18.8 Å². The minimum atomic E-state index is -0.192. The van der Waals surface area contributed by atoms with Crippen molar-refractivity contribution in [1.82, 2.24) is 4.90 Å². The zero-order chi connectivity index (χ0) is 22.4. The number of amides is 1. The number of rotatable bonds is 9. The Hall–Kier alpha value is -3.54. The first-order chi connectivity index (χ1) is 14.9. The lowest BCUT2D eigenvalue weighted by Crippen LogP contribution is -2.27. The van der Waals surface area contributed by atoms with E-state index in [-0.39, 0.29) is 18.3 Å². The number of carbonyl (C=O) groups is 2. The van der Waals surface area contributed by atoms with Crippen molar-refractivity contribution in [2.45, 2.75) is 20.3 Å². The molecular formula is C25H27NO5.